The van der Waals surface area contributed by atoms with Gasteiger partial charge in [-0.3, -0.25) is 111 Å². The molecular weight excluding hydrogens is 1720 g/mol. The van der Waals surface area contributed by atoms with Crippen molar-refractivity contribution in [2.24, 2.45) is 40.7 Å². The van der Waals surface area contributed by atoms with Gasteiger partial charge in [0.05, 0.1) is 57.6 Å². The number of nitrogens with two attached hydrogens (primary N) is 4. The first kappa shape index (κ1) is 110. The Hall–Kier alpha value is -12.8. The maximum absolute atomic E-state index is 14.3. The minimum absolute atomic E-state index is 0.000591. The number of halogens is 1. The van der Waals surface area contributed by atoms with E-state index in [9.17, 15) is 131 Å². The molecule has 0 spiro atoms. The Morgan fingerprint density at radius 3 is 1.30 bits per heavy atom. The molecule has 0 aliphatic carbocycles. The number of carbonyl (C=O) groups is 22. The summed E-state index contributed by atoms with van der Waals surface area (Å²) in [7, 11) is 0. The number of aliphatic hydroxyl groups is 2. The van der Waals surface area contributed by atoms with Crippen molar-refractivity contribution >= 4 is 152 Å². The quantitative estimate of drug-likeness (QED) is 0.0164. The Morgan fingerprint density at radius 2 is 0.840 bits per heavy atom. The molecule has 1 aromatic rings. The normalized spacial score (nSPS) is 14.5. The van der Waals surface area contributed by atoms with Crippen LogP contribution in [-0.2, 0) is 112 Å². The SMILES string of the molecule is CC(C)C[C@@H](NC(=O)[C@@H](CC(=O)O)NC(=O)[C@@H](CCC(=O)O)NC(=O)[C@H](NC(=O)[C@@H](CC(C)C)NC(=O)[C@@H](CCC(=O)O)NC(=O)C(C)(C)NC(=O)[C@@H](C)NC(=O)[C@H](NC(=O)[C@H](N)CC(=O)O)[C@@H](C)O)C(C)C)C(=O)N[C@H](CC(N)=O)C(=O)NCC(=O)NCC(=O)NCC(=O)N[C@@H](CO)C(=O)N[C@@H](Cc1ccc(Br)cc1)C(=O)N[C@@H](CCCNC(=N)N)C(N)=O. The summed E-state index contributed by atoms with van der Waals surface area (Å²) >= 11 is 3.30. The number of primary amides is 2. The molecular formula is C74H117BrN22O28. The molecule has 0 aromatic heterocycles. The lowest BCUT2D eigenvalue weighted by molar-refractivity contribution is -0.142. The van der Waals surface area contributed by atoms with Gasteiger partial charge in [0.25, 0.3) is 0 Å². The van der Waals surface area contributed by atoms with Crippen molar-refractivity contribution in [2.45, 2.75) is 236 Å². The molecule has 0 aliphatic heterocycles. The monoisotopic (exact) mass is 1840 g/mol. The highest BCUT2D eigenvalue weighted by atomic mass is 79.9. The third kappa shape index (κ3) is 43.7. The fraction of sp³-hybridized carbons (Fsp3) is 0.608. The van der Waals surface area contributed by atoms with Gasteiger partial charge in [0, 0.05) is 30.3 Å². The van der Waals surface area contributed by atoms with E-state index in [0.29, 0.717) is 10.0 Å². The summed E-state index contributed by atoms with van der Waals surface area (Å²) in [6.07, 6.45) is -8.18. The molecule has 0 fully saturated rings. The number of hydrogen-bond acceptors (Lipinski definition) is 26. The second-order valence-corrected chi connectivity index (χ2v) is 31.6. The number of rotatable bonds is 58. The summed E-state index contributed by atoms with van der Waals surface area (Å²) < 4.78 is 0.678. The number of carbonyl (C=O) groups excluding carboxylic acids is 18. The first-order chi connectivity index (χ1) is 58.1. The summed E-state index contributed by atoms with van der Waals surface area (Å²) in [4.78, 5) is 289. The van der Waals surface area contributed by atoms with Crippen LogP contribution < -0.4 is 113 Å². The molecule has 14 atom stereocenters. The molecule has 50 nitrogen and oxygen atoms in total. The zero-order chi connectivity index (χ0) is 95.6. The number of carboxylic acid groups (broad SMARTS) is 4. The largest absolute Gasteiger partial charge is 0.481 e. The number of carboxylic acids is 4. The third-order valence-corrected chi connectivity index (χ3v) is 18.4. The van der Waals surface area contributed by atoms with Crippen LogP contribution in [0.5, 0.6) is 0 Å². The number of aliphatic hydroxyl groups excluding tert-OH is 2. The predicted octanol–water partition coefficient (Wildman–Crippen LogP) is -10.2. The van der Waals surface area contributed by atoms with Crippen LogP contribution in [0.2, 0.25) is 0 Å². The molecule has 51 heteroatoms. The lowest BCUT2D eigenvalue weighted by Gasteiger charge is -2.31. The molecule has 0 unspecified atom stereocenters. The summed E-state index contributed by atoms with van der Waals surface area (Å²) in [5.74, 6) is -28.8. The van der Waals surface area contributed by atoms with E-state index in [1.54, 1.807) is 52.0 Å². The molecule has 1 rings (SSSR count). The van der Waals surface area contributed by atoms with Crippen LogP contribution in [0, 0.1) is 23.2 Å². The van der Waals surface area contributed by atoms with Crippen molar-refractivity contribution in [3.05, 3.63) is 34.3 Å². The van der Waals surface area contributed by atoms with Crippen LogP contribution in [0.4, 0.5) is 0 Å². The number of hydrogen-bond donors (Lipinski definition) is 28. The molecule has 698 valence electrons. The first-order valence-corrected chi connectivity index (χ1v) is 40.0. The number of aliphatic carboxylic acids is 4. The van der Waals surface area contributed by atoms with E-state index in [0.717, 1.165) is 27.7 Å². The molecule has 32 N–H and O–H groups in total. The number of guanidine groups is 1. The van der Waals surface area contributed by atoms with Gasteiger partial charge in [0.15, 0.2) is 5.96 Å². The van der Waals surface area contributed by atoms with Gasteiger partial charge in [-0.25, -0.2) is 0 Å². The molecule has 18 amide bonds. The van der Waals surface area contributed by atoms with Gasteiger partial charge in [0.1, 0.15) is 78.0 Å². The standard InChI is InChI=1S/C74H117BrN22O28/c1-32(2)22-43(65(118)92-46(26-49(77)100)62(115)84-29-51(102)82-28-50(101)83-30-52(103)86-48(31-98)69(122)91-45(24-37-13-15-38(75)16-14-37)66(119)87-40(59(78)112)12-11-21-81-73(79)80)90-67(120)47(27-56(110)111)93-63(116)41(17-19-53(104)105)88-70(123)57(34(5)6)95-68(121)44(23-33(3)4)89-64(117)42(18-20-54(106)107)94-72(125)74(9,10)97-60(113)35(7)85-71(124)58(36(8)99)96-61(114)39(76)25-55(108)109/h13-16,32-36,39-48,57-58,98-99H,11-12,17-31,76H2,1-10H3,(H2,77,100)(H2,78,112)(H,82,102)(H,83,101)(H,84,115)(H,85,124)(H,86,103)(H,87,119)(H,88,123)(H,89,117)(H,90,120)(H,91,122)(H,92,118)(H,93,116)(H,94,125)(H,95,121)(H,96,114)(H,97,113)(H,104,105)(H,106,107)(H,108,109)(H,110,111)(H4,79,80,81)/t35-,36-,39-,40+,41-,42-,43-,44-,45+,46-,47-,48+,57-,58-/m1/s1. The zero-order valence-electron chi connectivity index (χ0n) is 70.5. The number of amides is 18. The third-order valence-electron chi connectivity index (χ3n) is 17.9. The Labute approximate surface area is 725 Å². The van der Waals surface area contributed by atoms with Crippen LogP contribution in [0.15, 0.2) is 28.7 Å². The Balaban J connectivity index is 3.33. The van der Waals surface area contributed by atoms with Gasteiger partial charge in [-0.15, -0.1) is 0 Å². The van der Waals surface area contributed by atoms with E-state index < -0.39 is 309 Å². The smallest absolute Gasteiger partial charge is 0.305 e. The summed E-state index contributed by atoms with van der Waals surface area (Å²) in [6.45, 7) is 10.1. The van der Waals surface area contributed by atoms with Gasteiger partial charge in [0.2, 0.25) is 106 Å². The van der Waals surface area contributed by atoms with Crippen molar-refractivity contribution in [3.8, 4) is 0 Å². The fourth-order valence-corrected chi connectivity index (χ4v) is 11.4. The predicted molar refractivity (Wildman–Crippen MR) is 439 cm³/mol. The minimum atomic E-state index is -2.16. The van der Waals surface area contributed by atoms with Crippen molar-refractivity contribution < 1.29 is 136 Å². The molecule has 0 saturated heterocycles. The minimum Gasteiger partial charge on any atom is -0.481 e. The van der Waals surface area contributed by atoms with E-state index in [4.69, 9.17) is 33.5 Å². The second-order valence-electron chi connectivity index (χ2n) is 30.6. The van der Waals surface area contributed by atoms with E-state index in [1.165, 1.54) is 13.8 Å². The van der Waals surface area contributed by atoms with E-state index >= 15 is 0 Å². The highest BCUT2D eigenvalue weighted by Gasteiger charge is 2.41. The van der Waals surface area contributed by atoms with Gasteiger partial charge < -0.3 is 144 Å². The molecule has 0 bridgehead atoms. The van der Waals surface area contributed by atoms with E-state index in [-0.39, 0.29) is 44.6 Å². The van der Waals surface area contributed by atoms with Crippen LogP contribution in [0.25, 0.3) is 0 Å². The highest BCUT2D eigenvalue weighted by Crippen LogP contribution is 2.17. The van der Waals surface area contributed by atoms with Crippen LogP contribution >= 0.6 is 15.9 Å². The average molecular weight is 1840 g/mol. The molecule has 0 saturated carbocycles. The summed E-state index contributed by atoms with van der Waals surface area (Å²) in [6, 6.07) is -15.6. The first-order valence-electron chi connectivity index (χ1n) is 39.2. The molecule has 0 radical (unpaired) electrons. The second kappa shape index (κ2) is 54.6. The Bertz CT molecular complexity index is 4040. The van der Waals surface area contributed by atoms with Crippen LogP contribution in [-0.4, -0.2) is 290 Å². The Morgan fingerprint density at radius 1 is 0.424 bits per heavy atom. The van der Waals surface area contributed by atoms with Gasteiger partial charge in [-0.05, 0) is 102 Å². The zero-order valence-corrected chi connectivity index (χ0v) is 72.1. The van der Waals surface area contributed by atoms with Gasteiger partial charge in [-0.2, -0.15) is 0 Å². The lowest BCUT2D eigenvalue weighted by Crippen LogP contribution is -2.63. The maximum atomic E-state index is 14.3. The van der Waals surface area contributed by atoms with Crippen LogP contribution in [0.3, 0.4) is 0 Å². The van der Waals surface area contributed by atoms with Crippen LogP contribution in [0.1, 0.15) is 145 Å². The van der Waals surface area contributed by atoms with Crippen molar-refractivity contribution in [1.29, 1.82) is 5.41 Å². The van der Waals surface area contributed by atoms with Crippen molar-refractivity contribution in [1.82, 2.24) is 90.4 Å². The Kier molecular flexibility index (Phi) is 48.2. The maximum Gasteiger partial charge on any atom is 0.305 e. The molecule has 0 heterocycles. The van der Waals surface area contributed by atoms with Gasteiger partial charge in [-0.1, -0.05) is 69.6 Å². The lowest BCUT2D eigenvalue weighted by atomic mass is 9.98. The summed E-state index contributed by atoms with van der Waals surface area (Å²) in [5.41, 5.74) is 20.3. The molecule has 125 heavy (non-hydrogen) atoms. The van der Waals surface area contributed by atoms with Gasteiger partial charge >= 0.3 is 23.9 Å². The number of benzene rings is 1. The fourth-order valence-electron chi connectivity index (χ4n) is 11.2. The van der Waals surface area contributed by atoms with E-state index in [1.807, 2.05) is 0 Å². The van der Waals surface area contributed by atoms with Crippen molar-refractivity contribution in [3.63, 3.8) is 0 Å². The summed E-state index contributed by atoms with van der Waals surface area (Å²) in [5, 5.41) is 105. The van der Waals surface area contributed by atoms with Crippen molar-refractivity contribution in [2.75, 3.05) is 32.8 Å². The van der Waals surface area contributed by atoms with E-state index in [2.05, 4.69) is 106 Å². The molecule has 1 aromatic carbocycles. The highest BCUT2D eigenvalue weighted by molar-refractivity contribution is 9.10. The average Bonchev–Trinajstić information content (AvgIpc) is 0.842. The molecule has 0 aliphatic rings. The number of nitrogens with one attached hydrogen (secondary N) is 18. The topological polar surface area (TPSA) is 829 Å².